The highest BCUT2D eigenvalue weighted by Gasteiger charge is 2.30. The molecule has 0 aliphatic heterocycles. The molecule has 1 atom stereocenters. The summed E-state index contributed by atoms with van der Waals surface area (Å²) in [6.07, 6.45) is -3.50. The van der Waals surface area contributed by atoms with Crippen LogP contribution in [0.25, 0.3) is 10.4 Å². The van der Waals surface area contributed by atoms with Gasteiger partial charge < -0.3 is 5.32 Å². The molecule has 1 aromatic heterocycles. The molecule has 0 radical (unpaired) electrons. The first-order chi connectivity index (χ1) is 11.2. The lowest BCUT2D eigenvalue weighted by atomic mass is 10.1. The van der Waals surface area contributed by atoms with Gasteiger partial charge in [-0.2, -0.15) is 13.2 Å². The lowest BCUT2D eigenvalue weighted by Crippen LogP contribution is -2.32. The minimum Gasteiger partial charge on any atom is -0.349 e. The van der Waals surface area contributed by atoms with Crippen molar-refractivity contribution in [3.05, 3.63) is 46.8 Å². The Balaban J connectivity index is 2.15. The second-order valence-corrected chi connectivity index (χ2v) is 7.33. The molecule has 0 saturated heterocycles. The van der Waals surface area contributed by atoms with Gasteiger partial charge in [-0.1, -0.05) is 26.0 Å². The number of alkyl halides is 3. The van der Waals surface area contributed by atoms with Gasteiger partial charge >= 0.3 is 6.18 Å². The standard InChI is InChI=1S/C18H20F3NOS/c1-11(2)9-12(3)22-17(23)16-8-7-15(24-16)13-5-4-6-14(10-13)18(19,20)21/h4-8,10-12H,9H2,1-3H3,(H,22,23)/t12-/m0/s1. The van der Waals surface area contributed by atoms with Gasteiger partial charge in [0.15, 0.2) is 0 Å². The van der Waals surface area contributed by atoms with Gasteiger partial charge in [0.25, 0.3) is 5.91 Å². The molecule has 1 N–H and O–H groups in total. The Bertz CT molecular complexity index is 706. The van der Waals surface area contributed by atoms with Crippen LogP contribution in [0.15, 0.2) is 36.4 Å². The molecule has 24 heavy (non-hydrogen) atoms. The molecule has 2 nitrogen and oxygen atoms in total. The fraction of sp³-hybridized carbons (Fsp3) is 0.389. The molecule has 1 heterocycles. The van der Waals surface area contributed by atoms with Crippen LogP contribution in [0.4, 0.5) is 13.2 Å². The molecule has 0 aliphatic carbocycles. The first kappa shape index (κ1) is 18.5. The molecule has 0 saturated carbocycles. The summed E-state index contributed by atoms with van der Waals surface area (Å²) in [4.78, 5) is 13.4. The molecule has 0 aliphatic rings. The Morgan fingerprint density at radius 3 is 2.50 bits per heavy atom. The van der Waals surface area contributed by atoms with Crippen LogP contribution < -0.4 is 5.32 Å². The number of rotatable bonds is 5. The van der Waals surface area contributed by atoms with E-state index in [1.165, 1.54) is 17.4 Å². The maximum absolute atomic E-state index is 12.8. The fourth-order valence-electron chi connectivity index (χ4n) is 2.52. The lowest BCUT2D eigenvalue weighted by molar-refractivity contribution is -0.137. The number of hydrogen-bond donors (Lipinski definition) is 1. The van der Waals surface area contributed by atoms with Crippen molar-refractivity contribution in [2.75, 3.05) is 0 Å². The van der Waals surface area contributed by atoms with Gasteiger partial charge in [0, 0.05) is 10.9 Å². The van der Waals surface area contributed by atoms with Crippen LogP contribution in [0.5, 0.6) is 0 Å². The third-order valence-electron chi connectivity index (χ3n) is 3.51. The zero-order chi connectivity index (χ0) is 17.9. The summed E-state index contributed by atoms with van der Waals surface area (Å²) in [5.41, 5.74) is -0.228. The van der Waals surface area contributed by atoms with E-state index in [1.54, 1.807) is 18.2 Å². The number of hydrogen-bond acceptors (Lipinski definition) is 2. The Morgan fingerprint density at radius 2 is 1.88 bits per heavy atom. The lowest BCUT2D eigenvalue weighted by Gasteiger charge is -2.15. The normalized spacial score (nSPS) is 13.1. The summed E-state index contributed by atoms with van der Waals surface area (Å²) < 4.78 is 38.4. The summed E-state index contributed by atoms with van der Waals surface area (Å²) in [6.45, 7) is 6.11. The monoisotopic (exact) mass is 355 g/mol. The van der Waals surface area contributed by atoms with Crippen LogP contribution in [0.1, 0.15) is 42.4 Å². The molecular weight excluding hydrogens is 335 g/mol. The van der Waals surface area contributed by atoms with Crippen molar-refractivity contribution < 1.29 is 18.0 Å². The van der Waals surface area contributed by atoms with E-state index < -0.39 is 11.7 Å². The van der Waals surface area contributed by atoms with Crippen molar-refractivity contribution in [1.82, 2.24) is 5.32 Å². The van der Waals surface area contributed by atoms with Crippen LogP contribution in [0.2, 0.25) is 0 Å². The first-order valence-corrected chi connectivity index (χ1v) is 8.57. The van der Waals surface area contributed by atoms with Crippen molar-refractivity contribution in [2.45, 2.75) is 39.4 Å². The number of halogens is 3. The quantitative estimate of drug-likeness (QED) is 0.743. The van der Waals surface area contributed by atoms with Crippen molar-refractivity contribution in [2.24, 2.45) is 5.92 Å². The van der Waals surface area contributed by atoms with E-state index in [0.29, 0.717) is 21.2 Å². The summed E-state index contributed by atoms with van der Waals surface area (Å²) >= 11 is 1.19. The molecule has 130 valence electrons. The van der Waals surface area contributed by atoms with Crippen LogP contribution in [-0.4, -0.2) is 11.9 Å². The molecule has 0 spiro atoms. The fourth-order valence-corrected chi connectivity index (χ4v) is 3.43. The highest BCUT2D eigenvalue weighted by molar-refractivity contribution is 7.17. The van der Waals surface area contributed by atoms with Crippen LogP contribution in [0.3, 0.4) is 0 Å². The van der Waals surface area contributed by atoms with Gasteiger partial charge in [-0.05, 0) is 49.1 Å². The number of carbonyl (C=O) groups is 1. The number of carbonyl (C=O) groups excluding carboxylic acids is 1. The number of amides is 1. The maximum Gasteiger partial charge on any atom is 0.416 e. The van der Waals surface area contributed by atoms with E-state index >= 15 is 0 Å². The molecule has 0 fully saturated rings. The topological polar surface area (TPSA) is 29.1 Å². The number of nitrogens with one attached hydrogen (secondary N) is 1. The first-order valence-electron chi connectivity index (χ1n) is 7.75. The predicted molar refractivity (Wildman–Crippen MR) is 91.1 cm³/mol. The van der Waals surface area contributed by atoms with Crippen molar-refractivity contribution in [3.63, 3.8) is 0 Å². The second-order valence-electron chi connectivity index (χ2n) is 6.25. The van der Waals surface area contributed by atoms with E-state index in [1.807, 2.05) is 6.92 Å². The molecule has 1 aromatic carbocycles. The van der Waals surface area contributed by atoms with E-state index in [0.717, 1.165) is 18.6 Å². The zero-order valence-electron chi connectivity index (χ0n) is 13.8. The summed E-state index contributed by atoms with van der Waals surface area (Å²) in [7, 11) is 0. The van der Waals surface area contributed by atoms with Gasteiger partial charge in [0.05, 0.1) is 10.4 Å². The number of benzene rings is 1. The average molecular weight is 355 g/mol. The van der Waals surface area contributed by atoms with E-state index in [2.05, 4.69) is 19.2 Å². The van der Waals surface area contributed by atoms with Crippen molar-refractivity contribution in [1.29, 1.82) is 0 Å². The maximum atomic E-state index is 12.8. The summed E-state index contributed by atoms with van der Waals surface area (Å²) in [5, 5.41) is 2.92. The van der Waals surface area contributed by atoms with Crippen LogP contribution in [-0.2, 0) is 6.18 Å². The second kappa shape index (κ2) is 7.38. The Kier molecular flexibility index (Phi) is 5.70. The molecule has 0 unspecified atom stereocenters. The molecule has 1 amide bonds. The minimum absolute atomic E-state index is 0.0524. The molecule has 0 bridgehead atoms. The van der Waals surface area contributed by atoms with E-state index in [-0.39, 0.29) is 11.9 Å². The van der Waals surface area contributed by atoms with Gasteiger partial charge in [0.1, 0.15) is 0 Å². The smallest absolute Gasteiger partial charge is 0.349 e. The third kappa shape index (κ3) is 4.84. The largest absolute Gasteiger partial charge is 0.416 e. The zero-order valence-corrected chi connectivity index (χ0v) is 14.6. The van der Waals surface area contributed by atoms with E-state index in [9.17, 15) is 18.0 Å². The SMILES string of the molecule is CC(C)C[C@H](C)NC(=O)c1ccc(-c2cccc(C(F)(F)F)c2)s1. The summed E-state index contributed by atoms with van der Waals surface area (Å²) in [6, 6.07) is 8.52. The van der Waals surface area contributed by atoms with Gasteiger partial charge in [-0.15, -0.1) is 11.3 Å². The Hall–Kier alpha value is -1.82. The highest BCUT2D eigenvalue weighted by atomic mass is 32.1. The molecule has 2 aromatic rings. The predicted octanol–water partition coefficient (Wildman–Crippen LogP) is 5.60. The average Bonchev–Trinajstić information content (AvgIpc) is 2.95. The molecule has 2 rings (SSSR count). The highest BCUT2D eigenvalue weighted by Crippen LogP contribution is 2.34. The third-order valence-corrected chi connectivity index (χ3v) is 4.64. The molecular formula is C18H20F3NOS. The van der Waals surface area contributed by atoms with Crippen LogP contribution in [0, 0.1) is 5.92 Å². The minimum atomic E-state index is -4.38. The van der Waals surface area contributed by atoms with E-state index in [4.69, 9.17) is 0 Å². The number of thiophene rings is 1. The van der Waals surface area contributed by atoms with Crippen LogP contribution >= 0.6 is 11.3 Å². The van der Waals surface area contributed by atoms with Gasteiger partial charge in [0.2, 0.25) is 0 Å². The Labute approximate surface area is 143 Å². The van der Waals surface area contributed by atoms with Gasteiger partial charge in [-0.3, -0.25) is 4.79 Å². The Morgan fingerprint density at radius 1 is 1.17 bits per heavy atom. The van der Waals surface area contributed by atoms with Gasteiger partial charge in [-0.25, -0.2) is 0 Å². The van der Waals surface area contributed by atoms with Crippen molar-refractivity contribution >= 4 is 17.2 Å². The van der Waals surface area contributed by atoms with Crippen molar-refractivity contribution in [3.8, 4) is 10.4 Å². The molecule has 6 heteroatoms. The summed E-state index contributed by atoms with van der Waals surface area (Å²) in [5.74, 6) is 0.288.